The first kappa shape index (κ1) is 12.0. The fraction of sp³-hybridized carbons (Fsp3) is 1.00. The Balaban J connectivity index is 2.49. The maximum Gasteiger partial charge on any atom is 0.0246 e. The first-order valence-corrected chi connectivity index (χ1v) is 6.16. The molecule has 0 amide bonds. The summed E-state index contributed by atoms with van der Waals surface area (Å²) in [6.07, 6.45) is 6.69. The zero-order chi connectivity index (χ0) is 10.6. The van der Waals surface area contributed by atoms with Gasteiger partial charge in [-0.2, -0.15) is 0 Å². The van der Waals surface area contributed by atoms with Gasteiger partial charge in [-0.15, -0.1) is 0 Å². The average Bonchev–Trinajstić information content (AvgIpc) is 2.10. The molecule has 1 atom stereocenters. The van der Waals surface area contributed by atoms with Gasteiger partial charge in [0, 0.05) is 18.6 Å². The van der Waals surface area contributed by atoms with Gasteiger partial charge in [-0.25, -0.2) is 0 Å². The lowest BCUT2D eigenvalue weighted by Crippen LogP contribution is -2.50. The Morgan fingerprint density at radius 2 is 1.86 bits per heavy atom. The van der Waals surface area contributed by atoms with Crippen LogP contribution in [0.15, 0.2) is 0 Å². The van der Waals surface area contributed by atoms with Crippen molar-refractivity contribution in [2.45, 2.75) is 58.0 Å². The van der Waals surface area contributed by atoms with Crippen molar-refractivity contribution in [1.82, 2.24) is 4.90 Å². The second-order valence-electron chi connectivity index (χ2n) is 4.63. The van der Waals surface area contributed by atoms with Gasteiger partial charge in [0.2, 0.25) is 0 Å². The van der Waals surface area contributed by atoms with Gasteiger partial charge in [0.05, 0.1) is 0 Å². The van der Waals surface area contributed by atoms with Crippen LogP contribution in [0.2, 0.25) is 0 Å². The molecule has 0 saturated heterocycles. The molecule has 1 unspecified atom stereocenters. The third kappa shape index (κ3) is 2.48. The van der Waals surface area contributed by atoms with Crippen LogP contribution in [0.25, 0.3) is 0 Å². The van der Waals surface area contributed by atoms with Crippen molar-refractivity contribution in [1.29, 1.82) is 0 Å². The fourth-order valence-electron chi connectivity index (χ4n) is 2.59. The number of hydrogen-bond acceptors (Lipinski definition) is 2. The standard InChI is InChI=1S/C12H26N2/c1-4-10(5-2)12(9-13)14(3)11-7-6-8-11/h10-12H,4-9,13H2,1-3H3. The van der Waals surface area contributed by atoms with Gasteiger partial charge in [-0.1, -0.05) is 33.1 Å². The second kappa shape index (κ2) is 5.72. The molecular weight excluding hydrogens is 172 g/mol. The number of rotatable bonds is 6. The molecule has 0 aliphatic heterocycles. The molecule has 0 radical (unpaired) electrons. The Bertz CT molecular complexity index is 150. The minimum absolute atomic E-state index is 0.607. The topological polar surface area (TPSA) is 29.3 Å². The maximum absolute atomic E-state index is 5.90. The van der Waals surface area contributed by atoms with E-state index in [0.29, 0.717) is 6.04 Å². The largest absolute Gasteiger partial charge is 0.329 e. The van der Waals surface area contributed by atoms with E-state index in [2.05, 4.69) is 25.8 Å². The van der Waals surface area contributed by atoms with Crippen LogP contribution in [-0.2, 0) is 0 Å². The Kier molecular flexibility index (Phi) is 4.90. The van der Waals surface area contributed by atoms with Gasteiger partial charge in [-0.3, -0.25) is 4.90 Å². The molecule has 1 aliphatic rings. The summed E-state index contributed by atoms with van der Waals surface area (Å²) in [5, 5.41) is 0. The van der Waals surface area contributed by atoms with Crippen molar-refractivity contribution in [3.8, 4) is 0 Å². The summed E-state index contributed by atoms with van der Waals surface area (Å²) in [5.41, 5.74) is 5.90. The van der Waals surface area contributed by atoms with Crippen LogP contribution in [0.3, 0.4) is 0 Å². The van der Waals surface area contributed by atoms with E-state index in [1.165, 1.54) is 32.1 Å². The van der Waals surface area contributed by atoms with Crippen LogP contribution < -0.4 is 5.73 Å². The molecule has 1 aliphatic carbocycles. The van der Waals surface area contributed by atoms with Crippen LogP contribution in [0.4, 0.5) is 0 Å². The molecule has 2 N–H and O–H groups in total. The first-order valence-electron chi connectivity index (χ1n) is 6.16. The lowest BCUT2D eigenvalue weighted by Gasteiger charge is -2.42. The highest BCUT2D eigenvalue weighted by Crippen LogP contribution is 2.28. The van der Waals surface area contributed by atoms with E-state index in [1.54, 1.807) is 0 Å². The summed E-state index contributed by atoms with van der Waals surface area (Å²) >= 11 is 0. The predicted molar refractivity (Wildman–Crippen MR) is 62.3 cm³/mol. The second-order valence-corrected chi connectivity index (χ2v) is 4.63. The molecule has 1 fully saturated rings. The molecule has 0 aromatic heterocycles. The van der Waals surface area contributed by atoms with Crippen molar-refractivity contribution in [2.75, 3.05) is 13.6 Å². The van der Waals surface area contributed by atoms with E-state index < -0.39 is 0 Å². The van der Waals surface area contributed by atoms with Gasteiger partial charge < -0.3 is 5.73 Å². The zero-order valence-corrected chi connectivity index (χ0v) is 10.00. The van der Waals surface area contributed by atoms with Crippen LogP contribution in [0.1, 0.15) is 46.0 Å². The van der Waals surface area contributed by atoms with Gasteiger partial charge in [0.25, 0.3) is 0 Å². The average molecular weight is 198 g/mol. The van der Waals surface area contributed by atoms with Crippen molar-refractivity contribution in [2.24, 2.45) is 11.7 Å². The smallest absolute Gasteiger partial charge is 0.0246 e. The number of likely N-dealkylation sites (N-methyl/N-ethyl adjacent to an activating group) is 1. The molecule has 0 aromatic rings. The highest BCUT2D eigenvalue weighted by Gasteiger charge is 2.29. The predicted octanol–water partition coefficient (Wildman–Crippen LogP) is 2.23. The molecule has 0 bridgehead atoms. The van der Waals surface area contributed by atoms with E-state index in [1.807, 2.05) is 0 Å². The van der Waals surface area contributed by atoms with E-state index in [4.69, 9.17) is 5.73 Å². The summed E-state index contributed by atoms with van der Waals surface area (Å²) in [6.45, 7) is 5.39. The first-order chi connectivity index (χ1) is 6.74. The quantitative estimate of drug-likeness (QED) is 0.709. The minimum atomic E-state index is 0.607. The van der Waals surface area contributed by atoms with Gasteiger partial charge in [0.15, 0.2) is 0 Å². The van der Waals surface area contributed by atoms with Gasteiger partial charge >= 0.3 is 0 Å². The van der Waals surface area contributed by atoms with E-state index in [9.17, 15) is 0 Å². The molecular formula is C12H26N2. The monoisotopic (exact) mass is 198 g/mol. The Morgan fingerprint density at radius 1 is 1.29 bits per heavy atom. The number of nitrogens with two attached hydrogens (primary N) is 1. The summed E-state index contributed by atoms with van der Waals surface area (Å²) in [5.74, 6) is 0.783. The fourth-order valence-corrected chi connectivity index (χ4v) is 2.59. The Hall–Kier alpha value is -0.0800. The zero-order valence-electron chi connectivity index (χ0n) is 10.00. The van der Waals surface area contributed by atoms with E-state index in [-0.39, 0.29) is 0 Å². The van der Waals surface area contributed by atoms with Crippen molar-refractivity contribution in [3.63, 3.8) is 0 Å². The molecule has 1 saturated carbocycles. The molecule has 1 rings (SSSR count). The Labute approximate surface area is 88.8 Å². The highest BCUT2D eigenvalue weighted by atomic mass is 15.2. The summed E-state index contributed by atoms with van der Waals surface area (Å²) in [6, 6.07) is 1.43. The number of nitrogens with zero attached hydrogens (tertiary/aromatic N) is 1. The summed E-state index contributed by atoms with van der Waals surface area (Å²) in [7, 11) is 2.26. The van der Waals surface area contributed by atoms with Crippen LogP contribution in [0.5, 0.6) is 0 Å². The van der Waals surface area contributed by atoms with Crippen molar-refractivity contribution in [3.05, 3.63) is 0 Å². The summed E-state index contributed by atoms with van der Waals surface area (Å²) in [4.78, 5) is 2.54. The van der Waals surface area contributed by atoms with E-state index >= 15 is 0 Å². The van der Waals surface area contributed by atoms with Crippen LogP contribution >= 0.6 is 0 Å². The lowest BCUT2D eigenvalue weighted by molar-refractivity contribution is 0.0771. The van der Waals surface area contributed by atoms with Gasteiger partial charge in [-0.05, 0) is 25.8 Å². The third-order valence-electron chi connectivity index (χ3n) is 4.01. The maximum atomic E-state index is 5.90. The van der Waals surface area contributed by atoms with Crippen molar-refractivity contribution >= 4 is 0 Å². The molecule has 0 heterocycles. The molecule has 2 heteroatoms. The molecule has 14 heavy (non-hydrogen) atoms. The molecule has 84 valence electrons. The molecule has 0 spiro atoms. The number of hydrogen-bond donors (Lipinski definition) is 1. The minimum Gasteiger partial charge on any atom is -0.329 e. The van der Waals surface area contributed by atoms with E-state index in [0.717, 1.165) is 18.5 Å². The molecule has 2 nitrogen and oxygen atoms in total. The Morgan fingerprint density at radius 3 is 2.14 bits per heavy atom. The van der Waals surface area contributed by atoms with Crippen LogP contribution in [-0.4, -0.2) is 30.6 Å². The van der Waals surface area contributed by atoms with Crippen molar-refractivity contribution < 1.29 is 0 Å². The lowest BCUT2D eigenvalue weighted by atomic mass is 9.86. The highest BCUT2D eigenvalue weighted by molar-refractivity contribution is 4.86. The molecule has 0 aromatic carbocycles. The van der Waals surface area contributed by atoms with Crippen LogP contribution in [0, 0.1) is 5.92 Å². The SMILES string of the molecule is CCC(CC)C(CN)N(C)C1CCC1. The third-order valence-corrected chi connectivity index (χ3v) is 4.01. The van der Waals surface area contributed by atoms with Gasteiger partial charge in [0.1, 0.15) is 0 Å². The normalized spacial score (nSPS) is 20.1. The summed E-state index contributed by atoms with van der Waals surface area (Å²) < 4.78 is 0.